The molecule has 1 saturated heterocycles. The molecule has 0 aliphatic carbocycles. The van der Waals surface area contributed by atoms with Gasteiger partial charge in [-0.3, -0.25) is 4.90 Å². The van der Waals surface area contributed by atoms with Gasteiger partial charge in [-0.2, -0.15) is 13.2 Å². The van der Waals surface area contributed by atoms with Crippen LogP contribution in [0.25, 0.3) is 0 Å². The normalized spacial score (nSPS) is 18.3. The summed E-state index contributed by atoms with van der Waals surface area (Å²) in [5.74, 6) is 0. The van der Waals surface area contributed by atoms with Crippen molar-refractivity contribution in [2.24, 2.45) is 0 Å². The monoisotopic (exact) mass is 243 g/mol. The average molecular weight is 243 g/mol. The first-order chi connectivity index (χ1) is 8.07. The molecule has 0 atom stereocenters. The second-order valence-corrected chi connectivity index (χ2v) is 4.11. The molecule has 1 N–H and O–H groups in total. The van der Waals surface area contributed by atoms with Crippen molar-refractivity contribution in [1.82, 2.24) is 10.2 Å². The lowest BCUT2D eigenvalue weighted by Gasteiger charge is -2.28. The molecule has 17 heavy (non-hydrogen) atoms. The van der Waals surface area contributed by atoms with E-state index < -0.39 is 11.7 Å². The Balaban J connectivity index is 2.14. The lowest BCUT2D eigenvalue weighted by atomic mass is 10.1. The van der Waals surface area contributed by atoms with E-state index in [4.69, 9.17) is 0 Å². The largest absolute Gasteiger partial charge is 0.416 e. The van der Waals surface area contributed by atoms with Crippen LogP contribution in [0.3, 0.4) is 0 Å². The van der Waals surface area contributed by atoms with Crippen molar-refractivity contribution in [3.8, 4) is 0 Å². The zero-order valence-corrected chi connectivity index (χ0v) is 9.35. The van der Waals surface area contributed by atoms with Crippen LogP contribution in [0.1, 0.15) is 11.1 Å². The van der Waals surface area contributed by atoms with Crippen LogP contribution in [-0.4, -0.2) is 31.1 Å². The molecule has 1 aromatic carbocycles. The molecule has 93 valence electrons. The van der Waals surface area contributed by atoms with Crippen LogP contribution in [0.4, 0.5) is 13.2 Å². The van der Waals surface area contributed by atoms with E-state index in [1.807, 2.05) is 4.90 Å². The Morgan fingerprint density at radius 1 is 1.29 bits per heavy atom. The van der Waals surface area contributed by atoms with Gasteiger partial charge in [0.1, 0.15) is 0 Å². The summed E-state index contributed by atoms with van der Waals surface area (Å²) >= 11 is 0. The van der Waals surface area contributed by atoms with Crippen molar-refractivity contribution in [3.05, 3.63) is 35.4 Å². The fourth-order valence-corrected chi connectivity index (χ4v) is 1.97. The second kappa shape index (κ2) is 5.06. The molecule has 0 aromatic heterocycles. The van der Waals surface area contributed by atoms with Gasteiger partial charge in [0.2, 0.25) is 0 Å². The summed E-state index contributed by atoms with van der Waals surface area (Å²) in [5.41, 5.74) is -0.239. The smallest absolute Gasteiger partial charge is 0.314 e. The van der Waals surface area contributed by atoms with E-state index in [9.17, 15) is 13.2 Å². The Hall–Kier alpha value is -1.07. The molecule has 1 heterocycles. The maximum atomic E-state index is 12.8. The highest BCUT2D eigenvalue weighted by molar-refractivity contribution is 5.29. The third-order valence-electron chi connectivity index (χ3n) is 2.86. The number of rotatable bonds is 2. The maximum Gasteiger partial charge on any atom is 0.416 e. The number of halogens is 3. The van der Waals surface area contributed by atoms with Crippen LogP contribution in [0.15, 0.2) is 18.2 Å². The molecule has 2 rings (SSSR count). The van der Waals surface area contributed by atoms with E-state index in [0.29, 0.717) is 12.1 Å². The minimum atomic E-state index is -4.29. The summed E-state index contributed by atoms with van der Waals surface area (Å²) in [6.45, 7) is 3.59. The van der Waals surface area contributed by atoms with Crippen LogP contribution in [-0.2, 0) is 12.7 Å². The Bertz CT molecular complexity index is 370. The van der Waals surface area contributed by atoms with E-state index in [0.717, 1.165) is 32.2 Å². The minimum absolute atomic E-state index is 0.332. The van der Waals surface area contributed by atoms with Crippen LogP contribution < -0.4 is 5.32 Å². The fraction of sp³-hybridized carbons (Fsp3) is 0.500. The summed E-state index contributed by atoms with van der Waals surface area (Å²) in [6.07, 6.45) is -4.29. The Labute approximate surface area is 98.4 Å². The number of hydrogen-bond donors (Lipinski definition) is 1. The van der Waals surface area contributed by atoms with Crippen molar-refractivity contribution < 1.29 is 13.2 Å². The van der Waals surface area contributed by atoms with E-state index in [2.05, 4.69) is 11.4 Å². The fourth-order valence-electron chi connectivity index (χ4n) is 1.97. The predicted molar refractivity (Wildman–Crippen MR) is 58.4 cm³/mol. The van der Waals surface area contributed by atoms with Gasteiger partial charge in [0.25, 0.3) is 0 Å². The van der Waals surface area contributed by atoms with Crippen molar-refractivity contribution >= 4 is 0 Å². The van der Waals surface area contributed by atoms with Gasteiger partial charge in [0.05, 0.1) is 5.56 Å². The minimum Gasteiger partial charge on any atom is -0.314 e. The topological polar surface area (TPSA) is 15.3 Å². The second-order valence-electron chi connectivity index (χ2n) is 4.11. The van der Waals surface area contributed by atoms with E-state index in [1.54, 1.807) is 0 Å². The number of nitrogens with one attached hydrogen (secondary N) is 1. The molecule has 0 unspecified atom stereocenters. The van der Waals surface area contributed by atoms with E-state index in [-0.39, 0.29) is 0 Å². The SMILES string of the molecule is FC(F)(F)c1c[c]ccc1CN1CCNCC1. The predicted octanol–water partition coefficient (Wildman–Crippen LogP) is 1.91. The first-order valence-corrected chi connectivity index (χ1v) is 5.56. The maximum absolute atomic E-state index is 12.8. The van der Waals surface area contributed by atoms with Gasteiger partial charge in [0, 0.05) is 32.7 Å². The molecule has 0 amide bonds. The highest BCUT2D eigenvalue weighted by Crippen LogP contribution is 2.32. The van der Waals surface area contributed by atoms with Crippen molar-refractivity contribution in [2.45, 2.75) is 12.7 Å². The van der Waals surface area contributed by atoms with Crippen LogP contribution in [0.2, 0.25) is 0 Å². The first-order valence-electron chi connectivity index (χ1n) is 5.56. The van der Waals surface area contributed by atoms with E-state index in [1.165, 1.54) is 12.1 Å². The highest BCUT2D eigenvalue weighted by Gasteiger charge is 2.33. The molecular formula is C12H14F3N2. The van der Waals surface area contributed by atoms with Gasteiger partial charge in [-0.25, -0.2) is 0 Å². The van der Waals surface area contributed by atoms with Gasteiger partial charge in [-0.05, 0) is 17.7 Å². The van der Waals surface area contributed by atoms with Crippen LogP contribution in [0, 0.1) is 6.07 Å². The number of hydrogen-bond acceptors (Lipinski definition) is 2. The average Bonchev–Trinajstić information content (AvgIpc) is 2.30. The third kappa shape index (κ3) is 3.20. The molecule has 0 bridgehead atoms. The summed E-state index contributed by atoms with van der Waals surface area (Å²) < 4.78 is 38.3. The van der Waals surface area contributed by atoms with Gasteiger partial charge < -0.3 is 5.32 Å². The van der Waals surface area contributed by atoms with Crippen molar-refractivity contribution in [1.29, 1.82) is 0 Å². The number of benzene rings is 1. The number of nitrogens with zero attached hydrogens (tertiary/aromatic N) is 1. The molecule has 2 nitrogen and oxygen atoms in total. The first kappa shape index (κ1) is 12.4. The lowest BCUT2D eigenvalue weighted by Crippen LogP contribution is -2.43. The Morgan fingerprint density at radius 3 is 2.65 bits per heavy atom. The van der Waals surface area contributed by atoms with Gasteiger partial charge in [-0.15, -0.1) is 0 Å². The molecule has 5 heteroatoms. The van der Waals surface area contributed by atoms with Crippen LogP contribution >= 0.6 is 0 Å². The summed E-state index contributed by atoms with van der Waals surface area (Å²) in [6, 6.07) is 6.56. The zero-order valence-electron chi connectivity index (χ0n) is 9.35. The van der Waals surface area contributed by atoms with Gasteiger partial charge >= 0.3 is 6.18 Å². The van der Waals surface area contributed by atoms with Gasteiger partial charge in [0.15, 0.2) is 0 Å². The van der Waals surface area contributed by atoms with Crippen LogP contribution in [0.5, 0.6) is 0 Å². The number of piperazine rings is 1. The van der Waals surface area contributed by atoms with Gasteiger partial charge in [-0.1, -0.05) is 12.1 Å². The molecule has 0 spiro atoms. The standard InChI is InChI=1S/C12H14F3N2/c13-12(14,15)11-4-2-1-3-10(11)9-17-7-5-16-6-8-17/h1,3-4,16H,5-9H2. The summed E-state index contributed by atoms with van der Waals surface area (Å²) in [7, 11) is 0. The third-order valence-corrected chi connectivity index (χ3v) is 2.86. The zero-order chi connectivity index (χ0) is 12.3. The summed E-state index contributed by atoms with van der Waals surface area (Å²) in [4.78, 5) is 2.03. The molecule has 1 aliphatic heterocycles. The molecule has 0 saturated carbocycles. The summed E-state index contributed by atoms with van der Waals surface area (Å²) in [5, 5.41) is 3.18. The molecule has 1 fully saturated rings. The van der Waals surface area contributed by atoms with E-state index >= 15 is 0 Å². The quantitative estimate of drug-likeness (QED) is 0.853. The lowest BCUT2D eigenvalue weighted by molar-refractivity contribution is -0.138. The molecule has 1 aliphatic rings. The number of alkyl halides is 3. The molecule has 1 radical (unpaired) electrons. The highest BCUT2D eigenvalue weighted by atomic mass is 19.4. The Kier molecular flexibility index (Phi) is 3.69. The Morgan fingerprint density at radius 2 is 2.00 bits per heavy atom. The van der Waals surface area contributed by atoms with Crippen molar-refractivity contribution in [3.63, 3.8) is 0 Å². The molecule has 1 aromatic rings. The van der Waals surface area contributed by atoms with Crippen molar-refractivity contribution in [2.75, 3.05) is 26.2 Å². The molecular weight excluding hydrogens is 229 g/mol.